The lowest BCUT2D eigenvalue weighted by atomic mass is 10.1. The Morgan fingerprint density at radius 3 is 2.00 bits per heavy atom. The third-order valence-electron chi connectivity index (χ3n) is 4.71. The second kappa shape index (κ2) is 8.52. The van der Waals surface area contributed by atoms with Crippen LogP contribution in [0, 0.1) is 13.8 Å². The largest absolute Gasteiger partial charge is 0.322 e. The van der Waals surface area contributed by atoms with Crippen molar-refractivity contribution in [2.75, 3.05) is 16.3 Å². The average molecular weight is 459 g/mol. The number of anilines is 2. The first-order valence-electron chi connectivity index (χ1n) is 9.27. The highest BCUT2D eigenvalue weighted by atomic mass is 32.2. The van der Waals surface area contributed by atoms with Crippen LogP contribution in [0.1, 0.15) is 21.5 Å². The first-order chi connectivity index (χ1) is 14.5. The van der Waals surface area contributed by atoms with Gasteiger partial charge in [0.05, 0.1) is 9.79 Å². The standard InChI is InChI=1S/C22H22N2O5S2/c1-15-7-8-19(13-16(15)2)24-31(28,29)20-11-9-18(10-12-20)23-22(25)17-5-4-6-21(14-17)30(3,26)27/h4-14,24H,1-3H3,(H,23,25). The summed E-state index contributed by atoms with van der Waals surface area (Å²) in [5.74, 6) is -0.505. The van der Waals surface area contributed by atoms with Crippen LogP contribution in [-0.4, -0.2) is 29.0 Å². The molecule has 0 bridgehead atoms. The molecule has 0 aliphatic carbocycles. The van der Waals surface area contributed by atoms with Crippen molar-refractivity contribution < 1.29 is 21.6 Å². The van der Waals surface area contributed by atoms with Gasteiger partial charge in [-0.15, -0.1) is 0 Å². The van der Waals surface area contributed by atoms with Gasteiger partial charge in [0.1, 0.15) is 0 Å². The molecule has 3 aromatic rings. The van der Waals surface area contributed by atoms with Crippen LogP contribution in [0.2, 0.25) is 0 Å². The Morgan fingerprint density at radius 1 is 0.742 bits per heavy atom. The number of benzene rings is 3. The van der Waals surface area contributed by atoms with Gasteiger partial charge in [-0.3, -0.25) is 9.52 Å². The highest BCUT2D eigenvalue weighted by Crippen LogP contribution is 2.21. The number of aryl methyl sites for hydroxylation is 2. The Labute approximate surface area is 182 Å². The first-order valence-corrected chi connectivity index (χ1v) is 12.6. The molecule has 0 radical (unpaired) electrons. The molecule has 31 heavy (non-hydrogen) atoms. The second-order valence-corrected chi connectivity index (χ2v) is 10.9. The van der Waals surface area contributed by atoms with Crippen molar-refractivity contribution in [3.63, 3.8) is 0 Å². The molecule has 0 unspecified atom stereocenters. The van der Waals surface area contributed by atoms with Crippen molar-refractivity contribution in [1.29, 1.82) is 0 Å². The molecule has 0 fully saturated rings. The number of hydrogen-bond acceptors (Lipinski definition) is 5. The second-order valence-electron chi connectivity index (χ2n) is 7.18. The summed E-state index contributed by atoms with van der Waals surface area (Å²) in [6.07, 6.45) is 1.06. The van der Waals surface area contributed by atoms with Gasteiger partial charge in [0.15, 0.2) is 9.84 Å². The Morgan fingerprint density at radius 2 is 1.39 bits per heavy atom. The first kappa shape index (κ1) is 22.5. The Bertz CT molecular complexity index is 1350. The Balaban J connectivity index is 1.75. The number of nitrogens with one attached hydrogen (secondary N) is 2. The van der Waals surface area contributed by atoms with Crippen LogP contribution in [-0.2, 0) is 19.9 Å². The van der Waals surface area contributed by atoms with E-state index in [0.717, 1.165) is 17.4 Å². The monoisotopic (exact) mass is 458 g/mol. The van der Waals surface area contributed by atoms with Crippen molar-refractivity contribution in [1.82, 2.24) is 0 Å². The fourth-order valence-corrected chi connectivity index (χ4v) is 4.52. The molecular weight excluding hydrogens is 436 g/mol. The van der Waals surface area contributed by atoms with Crippen LogP contribution >= 0.6 is 0 Å². The summed E-state index contributed by atoms with van der Waals surface area (Å²) in [6, 6.07) is 16.7. The summed E-state index contributed by atoms with van der Waals surface area (Å²) in [7, 11) is -7.23. The fourth-order valence-electron chi connectivity index (χ4n) is 2.81. The molecule has 0 aliphatic rings. The van der Waals surface area contributed by atoms with E-state index in [2.05, 4.69) is 10.0 Å². The Kier molecular flexibility index (Phi) is 6.19. The van der Waals surface area contributed by atoms with E-state index >= 15 is 0 Å². The number of carbonyl (C=O) groups excluding carboxylic acids is 1. The molecule has 2 N–H and O–H groups in total. The predicted octanol–water partition coefficient (Wildman–Crippen LogP) is 3.76. The molecule has 0 spiro atoms. The van der Waals surface area contributed by atoms with E-state index < -0.39 is 25.8 Å². The number of sulfone groups is 1. The fraction of sp³-hybridized carbons (Fsp3) is 0.136. The zero-order valence-corrected chi connectivity index (χ0v) is 18.8. The molecule has 162 valence electrons. The summed E-state index contributed by atoms with van der Waals surface area (Å²) in [5.41, 5.74) is 3.05. The summed E-state index contributed by atoms with van der Waals surface area (Å²) in [5, 5.41) is 2.63. The topological polar surface area (TPSA) is 109 Å². The van der Waals surface area contributed by atoms with Crippen LogP contribution in [0.5, 0.6) is 0 Å². The van der Waals surface area contributed by atoms with Gasteiger partial charge in [0.2, 0.25) is 0 Å². The molecule has 0 aliphatic heterocycles. The predicted molar refractivity (Wildman–Crippen MR) is 121 cm³/mol. The van der Waals surface area contributed by atoms with Crippen LogP contribution in [0.4, 0.5) is 11.4 Å². The van der Waals surface area contributed by atoms with Gasteiger partial charge in [-0.05, 0) is 79.6 Å². The van der Waals surface area contributed by atoms with Crippen LogP contribution < -0.4 is 10.0 Å². The Hall–Kier alpha value is -3.17. The lowest BCUT2D eigenvalue weighted by Crippen LogP contribution is -2.14. The van der Waals surface area contributed by atoms with Gasteiger partial charge in [0.25, 0.3) is 15.9 Å². The molecular formula is C22H22N2O5S2. The number of amides is 1. The summed E-state index contributed by atoms with van der Waals surface area (Å²) in [4.78, 5) is 12.5. The van der Waals surface area contributed by atoms with Crippen molar-refractivity contribution in [3.8, 4) is 0 Å². The molecule has 9 heteroatoms. The summed E-state index contributed by atoms with van der Waals surface area (Å²) in [6.45, 7) is 3.84. The van der Waals surface area contributed by atoms with Gasteiger partial charge >= 0.3 is 0 Å². The minimum atomic E-state index is -3.79. The molecule has 1 amide bonds. The minimum Gasteiger partial charge on any atom is -0.322 e. The molecule has 0 aromatic heterocycles. The van der Waals surface area contributed by atoms with E-state index in [9.17, 15) is 21.6 Å². The third kappa shape index (κ3) is 5.50. The maximum Gasteiger partial charge on any atom is 0.261 e. The quantitative estimate of drug-likeness (QED) is 0.585. The molecule has 0 heterocycles. The zero-order chi connectivity index (χ0) is 22.8. The maximum absolute atomic E-state index is 12.6. The van der Waals surface area contributed by atoms with E-state index in [1.54, 1.807) is 12.1 Å². The van der Waals surface area contributed by atoms with Crippen molar-refractivity contribution >= 4 is 37.1 Å². The highest BCUT2D eigenvalue weighted by Gasteiger charge is 2.16. The van der Waals surface area contributed by atoms with E-state index in [-0.39, 0.29) is 15.4 Å². The van der Waals surface area contributed by atoms with Gasteiger partial charge in [-0.2, -0.15) is 0 Å². The summed E-state index contributed by atoms with van der Waals surface area (Å²) >= 11 is 0. The van der Waals surface area contributed by atoms with Crippen LogP contribution in [0.25, 0.3) is 0 Å². The molecule has 0 atom stereocenters. The van der Waals surface area contributed by atoms with Gasteiger partial charge < -0.3 is 5.32 Å². The highest BCUT2D eigenvalue weighted by molar-refractivity contribution is 7.92. The smallest absolute Gasteiger partial charge is 0.261 e. The number of sulfonamides is 1. The molecule has 3 rings (SSSR count). The number of carbonyl (C=O) groups is 1. The van der Waals surface area contributed by atoms with Gasteiger partial charge in [0, 0.05) is 23.2 Å². The zero-order valence-electron chi connectivity index (χ0n) is 17.2. The third-order valence-corrected chi connectivity index (χ3v) is 7.21. The molecule has 7 nitrogen and oxygen atoms in total. The van der Waals surface area contributed by atoms with E-state index in [4.69, 9.17) is 0 Å². The van der Waals surface area contributed by atoms with E-state index in [0.29, 0.717) is 11.4 Å². The SMILES string of the molecule is Cc1ccc(NS(=O)(=O)c2ccc(NC(=O)c3cccc(S(C)(=O)=O)c3)cc2)cc1C. The van der Waals surface area contributed by atoms with Crippen molar-refractivity contribution in [3.05, 3.63) is 83.4 Å². The van der Waals surface area contributed by atoms with E-state index in [1.807, 2.05) is 19.9 Å². The van der Waals surface area contributed by atoms with Crippen LogP contribution in [0.15, 0.2) is 76.5 Å². The normalized spacial score (nSPS) is 11.7. The average Bonchev–Trinajstić information content (AvgIpc) is 2.70. The lowest BCUT2D eigenvalue weighted by Gasteiger charge is -2.11. The minimum absolute atomic E-state index is 0.0407. The van der Waals surface area contributed by atoms with Crippen molar-refractivity contribution in [2.24, 2.45) is 0 Å². The molecule has 0 saturated heterocycles. The van der Waals surface area contributed by atoms with E-state index in [1.165, 1.54) is 48.5 Å². The van der Waals surface area contributed by atoms with Crippen LogP contribution in [0.3, 0.4) is 0 Å². The lowest BCUT2D eigenvalue weighted by molar-refractivity contribution is 0.102. The summed E-state index contributed by atoms with van der Waals surface area (Å²) < 4.78 is 51.1. The van der Waals surface area contributed by atoms with Gasteiger partial charge in [-0.1, -0.05) is 12.1 Å². The maximum atomic E-state index is 12.6. The van der Waals surface area contributed by atoms with Crippen molar-refractivity contribution in [2.45, 2.75) is 23.6 Å². The number of rotatable bonds is 6. The molecule has 0 saturated carbocycles. The number of hydrogen-bond donors (Lipinski definition) is 2. The van der Waals surface area contributed by atoms with Gasteiger partial charge in [-0.25, -0.2) is 16.8 Å². The molecule has 3 aromatic carbocycles.